The second-order valence-electron chi connectivity index (χ2n) is 14.5. The molecule has 0 saturated carbocycles. The lowest BCUT2D eigenvalue weighted by atomic mass is 9.99. The van der Waals surface area contributed by atoms with Crippen molar-refractivity contribution in [2.45, 2.75) is 115 Å². The monoisotopic (exact) mass is 872 g/mol. The first-order valence-corrected chi connectivity index (χ1v) is 20.2. The van der Waals surface area contributed by atoms with Gasteiger partial charge < -0.3 is 64.5 Å². The van der Waals surface area contributed by atoms with Crippen molar-refractivity contribution >= 4 is 78.5 Å². The number of carbonyl (C=O) groups excluding carboxylic acids is 8. The molecular formula is C35H60N12O10S2. The first-order valence-electron chi connectivity index (χ1n) is 18.9. The van der Waals surface area contributed by atoms with Gasteiger partial charge in [0.25, 0.3) is 0 Å². The quantitative estimate of drug-likeness (QED) is 0.0296. The number of imidazole rings is 1. The molecule has 15 N–H and O–H groups in total. The summed E-state index contributed by atoms with van der Waals surface area (Å²) in [5.41, 5.74) is 17.1. The highest BCUT2D eigenvalue weighted by Gasteiger charge is 2.35. The summed E-state index contributed by atoms with van der Waals surface area (Å²) >= 11 is 7.92. The number of carboxylic acid groups (broad SMARTS) is 1. The maximum atomic E-state index is 13.7. The number of thiol groups is 2. The number of hydrogen-bond donors (Lipinski definition) is 14. The number of aliphatic carboxylic acids is 1. The van der Waals surface area contributed by atoms with E-state index in [2.05, 4.69) is 72.4 Å². The fraction of sp³-hybridized carbons (Fsp3) is 0.657. The van der Waals surface area contributed by atoms with Crippen LogP contribution in [0.1, 0.15) is 66.0 Å². The molecule has 1 rings (SSSR count). The molecule has 1 heterocycles. The van der Waals surface area contributed by atoms with Crippen LogP contribution in [0, 0.1) is 11.8 Å². The molecule has 0 saturated heterocycles. The number of nitrogens with one attached hydrogen (secondary N) is 8. The average Bonchev–Trinajstić information content (AvgIpc) is 3.68. The van der Waals surface area contributed by atoms with Gasteiger partial charge in [0.2, 0.25) is 47.3 Å². The topological polar surface area (TPSA) is 365 Å². The molecule has 0 aliphatic carbocycles. The molecule has 1 aromatic rings. The largest absolute Gasteiger partial charge is 0.480 e. The maximum Gasteiger partial charge on any atom is 0.327 e. The number of rotatable bonds is 27. The smallest absolute Gasteiger partial charge is 0.327 e. The number of aromatic amines is 1. The molecule has 1 aromatic heterocycles. The van der Waals surface area contributed by atoms with E-state index >= 15 is 0 Å². The Morgan fingerprint density at radius 3 is 1.68 bits per heavy atom. The average molecular weight is 873 g/mol. The molecule has 22 nitrogen and oxygen atoms in total. The highest BCUT2D eigenvalue weighted by Crippen LogP contribution is 2.10. The summed E-state index contributed by atoms with van der Waals surface area (Å²) in [6.07, 6.45) is 3.27. The lowest BCUT2D eigenvalue weighted by Crippen LogP contribution is -2.61. The Balaban J connectivity index is 3.18. The Hall–Kier alpha value is -4.94. The molecule has 0 spiro atoms. The lowest BCUT2D eigenvalue weighted by Gasteiger charge is -2.29. The molecule has 59 heavy (non-hydrogen) atoms. The van der Waals surface area contributed by atoms with Crippen molar-refractivity contribution in [1.29, 1.82) is 0 Å². The molecule has 0 radical (unpaired) electrons. The second-order valence-corrected chi connectivity index (χ2v) is 15.2. The van der Waals surface area contributed by atoms with Crippen molar-refractivity contribution in [2.75, 3.05) is 18.1 Å². The number of carbonyl (C=O) groups is 9. The van der Waals surface area contributed by atoms with Crippen LogP contribution in [-0.4, -0.2) is 135 Å². The summed E-state index contributed by atoms with van der Waals surface area (Å²) in [6, 6.07) is -10.2. The number of unbranched alkanes of at least 4 members (excludes halogenated alkanes) is 1. The van der Waals surface area contributed by atoms with Gasteiger partial charge in [-0.25, -0.2) is 9.78 Å². The zero-order valence-corrected chi connectivity index (χ0v) is 35.6. The van der Waals surface area contributed by atoms with E-state index in [9.17, 15) is 48.3 Å². The van der Waals surface area contributed by atoms with E-state index in [1.165, 1.54) is 19.4 Å². The normalized spacial score (nSPS) is 15.2. The predicted octanol–water partition coefficient (Wildman–Crippen LogP) is -4.05. The Morgan fingerprint density at radius 2 is 1.19 bits per heavy atom. The molecule has 8 atom stereocenters. The summed E-state index contributed by atoms with van der Waals surface area (Å²) < 4.78 is 0. The summed E-state index contributed by atoms with van der Waals surface area (Å²) in [4.78, 5) is 123. The van der Waals surface area contributed by atoms with Crippen LogP contribution in [0.5, 0.6) is 0 Å². The van der Waals surface area contributed by atoms with Crippen molar-refractivity contribution in [3.63, 3.8) is 0 Å². The molecule has 8 unspecified atom stereocenters. The van der Waals surface area contributed by atoms with Gasteiger partial charge >= 0.3 is 5.97 Å². The van der Waals surface area contributed by atoms with Gasteiger partial charge in [-0.3, -0.25) is 38.4 Å². The SMILES string of the molecule is CC(NC(=O)C(Cc1cnc[nH]1)NC(=O)C(CCCCN)NC(=O)C(N)CS)C(=O)NC(C(=O)NC(C(=O)NC(CC(N)=O)C(=O)NC(CS)C(=O)O)C(C)C)C(C)C. The summed E-state index contributed by atoms with van der Waals surface area (Å²) in [5.74, 6) is -9.43. The summed E-state index contributed by atoms with van der Waals surface area (Å²) in [6.45, 7) is 8.11. The third-order valence-corrected chi connectivity index (χ3v) is 9.57. The third kappa shape index (κ3) is 18.3. The fourth-order valence-electron chi connectivity index (χ4n) is 5.32. The molecule has 24 heteroatoms. The first kappa shape index (κ1) is 52.1. The third-order valence-electron chi connectivity index (χ3n) is 8.81. The molecule has 332 valence electrons. The van der Waals surface area contributed by atoms with Crippen molar-refractivity contribution in [3.8, 4) is 0 Å². The van der Waals surface area contributed by atoms with Crippen LogP contribution in [-0.2, 0) is 49.6 Å². The Kier molecular flexibility index (Phi) is 23.1. The van der Waals surface area contributed by atoms with Gasteiger partial charge in [-0.1, -0.05) is 27.7 Å². The van der Waals surface area contributed by atoms with Gasteiger partial charge in [0.15, 0.2) is 0 Å². The molecule has 0 aliphatic heterocycles. The number of primary amides is 1. The van der Waals surface area contributed by atoms with Gasteiger partial charge in [-0.2, -0.15) is 25.3 Å². The van der Waals surface area contributed by atoms with Gasteiger partial charge in [0, 0.05) is 29.8 Å². The molecular weight excluding hydrogens is 813 g/mol. The standard InChI is InChI=1S/C35H60N12O10S2/c1-16(2)26(33(54)44-23(11-25(38)48)32(53)45-24(14-59)35(56)57)47-34(55)27(17(3)4)46-28(49)18(5)41-31(52)22(10-19-12-39-15-40-19)43-30(51)21(8-6-7-9-36)42-29(50)20(37)13-58/h12,15-18,20-24,26-27,58-59H,6-11,13-14,36-37H2,1-5H3,(H2,38,48)(H,39,40)(H,41,52)(H,42,50)(H,43,51)(H,44,54)(H,45,53)(H,46,49)(H,47,55)(H,56,57). The van der Waals surface area contributed by atoms with Crippen LogP contribution in [0.4, 0.5) is 0 Å². The fourth-order valence-corrected chi connectivity index (χ4v) is 5.73. The van der Waals surface area contributed by atoms with Gasteiger partial charge in [0.1, 0.15) is 42.3 Å². The number of nitrogens with two attached hydrogens (primary N) is 3. The van der Waals surface area contributed by atoms with E-state index in [0.29, 0.717) is 25.1 Å². The van der Waals surface area contributed by atoms with Gasteiger partial charge in [-0.15, -0.1) is 0 Å². The van der Waals surface area contributed by atoms with Crippen molar-refractivity contribution in [1.82, 2.24) is 47.2 Å². The summed E-state index contributed by atoms with van der Waals surface area (Å²) in [7, 11) is 0. The van der Waals surface area contributed by atoms with E-state index in [-0.39, 0.29) is 24.3 Å². The summed E-state index contributed by atoms with van der Waals surface area (Å²) in [5, 5.41) is 26.7. The van der Waals surface area contributed by atoms with E-state index in [4.69, 9.17) is 17.2 Å². The Morgan fingerprint density at radius 1 is 0.678 bits per heavy atom. The zero-order valence-electron chi connectivity index (χ0n) is 33.8. The molecule has 0 aromatic carbocycles. The van der Waals surface area contributed by atoms with Gasteiger partial charge in [-0.05, 0) is 44.6 Å². The minimum Gasteiger partial charge on any atom is -0.480 e. The van der Waals surface area contributed by atoms with Gasteiger partial charge in [0.05, 0.1) is 18.8 Å². The highest BCUT2D eigenvalue weighted by molar-refractivity contribution is 7.80. The number of aromatic nitrogens is 2. The van der Waals surface area contributed by atoms with E-state index in [0.717, 1.165) is 0 Å². The maximum absolute atomic E-state index is 13.7. The van der Waals surface area contributed by atoms with Crippen molar-refractivity contribution < 1.29 is 48.3 Å². The van der Waals surface area contributed by atoms with Crippen LogP contribution < -0.4 is 54.4 Å². The van der Waals surface area contributed by atoms with E-state index in [1.807, 2.05) is 0 Å². The first-order chi connectivity index (χ1) is 27.7. The van der Waals surface area contributed by atoms with E-state index in [1.54, 1.807) is 27.7 Å². The predicted molar refractivity (Wildman–Crippen MR) is 221 cm³/mol. The number of amides is 8. The molecule has 0 bridgehead atoms. The number of carboxylic acids is 1. The second kappa shape index (κ2) is 26.2. The van der Waals surface area contributed by atoms with E-state index < -0.39 is 120 Å². The van der Waals surface area contributed by atoms with Crippen LogP contribution >= 0.6 is 25.3 Å². The van der Waals surface area contributed by atoms with Crippen molar-refractivity contribution in [2.24, 2.45) is 29.0 Å². The Bertz CT molecular complexity index is 1600. The molecule has 0 fully saturated rings. The number of nitrogens with zero attached hydrogens (tertiary/aromatic N) is 1. The van der Waals surface area contributed by atoms with Crippen LogP contribution in [0.25, 0.3) is 0 Å². The highest BCUT2D eigenvalue weighted by atomic mass is 32.1. The van der Waals surface area contributed by atoms with Crippen LogP contribution in [0.2, 0.25) is 0 Å². The number of hydrogen-bond acceptors (Lipinski definition) is 14. The zero-order chi connectivity index (χ0) is 45.0. The van der Waals surface area contributed by atoms with Crippen LogP contribution in [0.15, 0.2) is 12.5 Å². The molecule has 8 amide bonds. The van der Waals surface area contributed by atoms with Crippen LogP contribution in [0.3, 0.4) is 0 Å². The minimum absolute atomic E-state index is 0.0226. The Labute approximate surface area is 353 Å². The molecule has 0 aliphatic rings. The minimum atomic E-state index is -1.59. The number of H-pyrrole nitrogens is 1. The van der Waals surface area contributed by atoms with Crippen molar-refractivity contribution in [3.05, 3.63) is 18.2 Å². The lowest BCUT2D eigenvalue weighted by molar-refractivity contribution is -0.142.